The smallest absolute Gasteiger partial charge is 0.149 e. The Balaban J connectivity index is 3.53. The summed E-state index contributed by atoms with van der Waals surface area (Å²) in [6, 6.07) is -0.397. The Bertz CT molecular complexity index is 201. The van der Waals surface area contributed by atoms with Crippen LogP contribution in [0.1, 0.15) is 13.3 Å². The summed E-state index contributed by atoms with van der Waals surface area (Å²) in [4.78, 5) is 0. The van der Waals surface area contributed by atoms with Gasteiger partial charge in [0.1, 0.15) is 9.84 Å². The van der Waals surface area contributed by atoms with Gasteiger partial charge in [-0.05, 0) is 6.42 Å². The van der Waals surface area contributed by atoms with Crippen LogP contribution in [0.3, 0.4) is 0 Å². The van der Waals surface area contributed by atoms with Gasteiger partial charge in [0.2, 0.25) is 0 Å². The summed E-state index contributed by atoms with van der Waals surface area (Å²) >= 11 is 0. The second kappa shape index (κ2) is 5.50. The Labute approximate surface area is 74.0 Å². The molecule has 74 valence electrons. The highest BCUT2D eigenvalue weighted by atomic mass is 32.2. The van der Waals surface area contributed by atoms with Crippen LogP contribution in [-0.2, 0) is 14.6 Å². The summed E-state index contributed by atoms with van der Waals surface area (Å²) < 4.78 is 26.6. The van der Waals surface area contributed by atoms with E-state index in [1.54, 1.807) is 0 Å². The lowest BCUT2D eigenvalue weighted by molar-refractivity contribution is 0.125. The number of nitrogens with two attached hydrogens (primary N) is 1. The van der Waals surface area contributed by atoms with E-state index in [4.69, 9.17) is 10.5 Å². The van der Waals surface area contributed by atoms with Crippen molar-refractivity contribution in [1.29, 1.82) is 0 Å². The molecule has 0 aliphatic carbocycles. The first kappa shape index (κ1) is 11.9. The molecule has 0 heterocycles. The molecule has 1 unspecified atom stereocenters. The SMILES string of the molecule is CCCOCC(N)CS(C)(=O)=O. The molecule has 0 spiro atoms. The zero-order valence-electron chi connectivity index (χ0n) is 7.62. The van der Waals surface area contributed by atoms with Crippen molar-refractivity contribution in [3.05, 3.63) is 0 Å². The number of hydrogen-bond donors (Lipinski definition) is 1. The van der Waals surface area contributed by atoms with Crippen molar-refractivity contribution in [2.75, 3.05) is 25.2 Å². The number of hydrogen-bond acceptors (Lipinski definition) is 4. The molecule has 0 aromatic carbocycles. The van der Waals surface area contributed by atoms with Crippen LogP contribution >= 0.6 is 0 Å². The van der Waals surface area contributed by atoms with Gasteiger partial charge in [-0.15, -0.1) is 0 Å². The van der Waals surface area contributed by atoms with Crippen molar-refractivity contribution in [1.82, 2.24) is 0 Å². The molecule has 12 heavy (non-hydrogen) atoms. The Morgan fingerprint density at radius 1 is 1.50 bits per heavy atom. The molecule has 2 N–H and O–H groups in total. The minimum atomic E-state index is -2.97. The second-order valence-electron chi connectivity index (χ2n) is 2.93. The Morgan fingerprint density at radius 2 is 2.08 bits per heavy atom. The fraction of sp³-hybridized carbons (Fsp3) is 1.00. The molecular formula is C7H17NO3S. The summed E-state index contributed by atoms with van der Waals surface area (Å²) in [6.07, 6.45) is 2.10. The molecule has 1 atom stereocenters. The van der Waals surface area contributed by atoms with E-state index in [9.17, 15) is 8.42 Å². The van der Waals surface area contributed by atoms with Crippen LogP contribution in [0.25, 0.3) is 0 Å². The third kappa shape index (κ3) is 7.97. The maximum atomic E-state index is 10.7. The highest BCUT2D eigenvalue weighted by molar-refractivity contribution is 7.90. The zero-order chi connectivity index (χ0) is 9.61. The van der Waals surface area contributed by atoms with Crippen LogP contribution in [0.5, 0.6) is 0 Å². The molecule has 0 aliphatic rings. The van der Waals surface area contributed by atoms with E-state index in [0.717, 1.165) is 6.42 Å². The first-order valence-electron chi connectivity index (χ1n) is 3.96. The lowest BCUT2D eigenvalue weighted by Gasteiger charge is -2.09. The molecule has 0 aromatic heterocycles. The minimum absolute atomic E-state index is 0.00326. The van der Waals surface area contributed by atoms with E-state index in [0.29, 0.717) is 13.2 Å². The second-order valence-corrected chi connectivity index (χ2v) is 5.11. The van der Waals surface area contributed by atoms with Crippen LogP contribution in [0, 0.1) is 0 Å². The first-order chi connectivity index (χ1) is 5.45. The third-order valence-corrected chi connectivity index (χ3v) is 2.23. The van der Waals surface area contributed by atoms with Crippen LogP contribution < -0.4 is 5.73 Å². The van der Waals surface area contributed by atoms with Crippen molar-refractivity contribution in [3.8, 4) is 0 Å². The molecule has 4 nitrogen and oxygen atoms in total. The van der Waals surface area contributed by atoms with E-state index in [1.807, 2.05) is 6.92 Å². The molecule has 0 saturated carbocycles. The van der Waals surface area contributed by atoms with E-state index in [2.05, 4.69) is 0 Å². The van der Waals surface area contributed by atoms with Crippen LogP contribution in [0.4, 0.5) is 0 Å². The van der Waals surface area contributed by atoms with Crippen molar-refractivity contribution in [2.24, 2.45) is 5.73 Å². The quantitative estimate of drug-likeness (QED) is 0.595. The lowest BCUT2D eigenvalue weighted by Crippen LogP contribution is -2.33. The molecule has 0 amide bonds. The summed E-state index contributed by atoms with van der Waals surface area (Å²) in [5, 5.41) is 0. The van der Waals surface area contributed by atoms with Crippen LogP contribution in [-0.4, -0.2) is 39.7 Å². The predicted molar refractivity (Wildman–Crippen MR) is 48.8 cm³/mol. The average molecular weight is 195 g/mol. The highest BCUT2D eigenvalue weighted by Gasteiger charge is 2.10. The van der Waals surface area contributed by atoms with Gasteiger partial charge < -0.3 is 10.5 Å². The van der Waals surface area contributed by atoms with E-state index < -0.39 is 15.9 Å². The molecule has 0 aromatic rings. The molecule has 5 heteroatoms. The summed E-state index contributed by atoms with van der Waals surface area (Å²) in [5.74, 6) is -0.00326. The lowest BCUT2D eigenvalue weighted by atomic mass is 10.4. The van der Waals surface area contributed by atoms with Crippen molar-refractivity contribution in [2.45, 2.75) is 19.4 Å². The monoisotopic (exact) mass is 195 g/mol. The molecule has 0 radical (unpaired) electrons. The zero-order valence-corrected chi connectivity index (χ0v) is 8.43. The number of ether oxygens (including phenoxy) is 1. The Kier molecular flexibility index (Phi) is 5.44. The molecule has 0 rings (SSSR count). The van der Waals surface area contributed by atoms with Crippen LogP contribution in [0.15, 0.2) is 0 Å². The van der Waals surface area contributed by atoms with Gasteiger partial charge in [0.25, 0.3) is 0 Å². The maximum Gasteiger partial charge on any atom is 0.149 e. The van der Waals surface area contributed by atoms with Gasteiger partial charge in [0.15, 0.2) is 0 Å². The highest BCUT2D eigenvalue weighted by Crippen LogP contribution is 1.90. The topological polar surface area (TPSA) is 69.4 Å². The molecule has 0 bridgehead atoms. The molecule has 0 aliphatic heterocycles. The van der Waals surface area contributed by atoms with Gasteiger partial charge in [-0.2, -0.15) is 0 Å². The third-order valence-electron chi connectivity index (χ3n) is 1.20. The van der Waals surface area contributed by atoms with E-state index in [1.165, 1.54) is 6.26 Å². The molecule has 0 saturated heterocycles. The van der Waals surface area contributed by atoms with Gasteiger partial charge in [-0.3, -0.25) is 0 Å². The normalized spacial score (nSPS) is 14.6. The molecular weight excluding hydrogens is 178 g/mol. The van der Waals surface area contributed by atoms with Gasteiger partial charge in [-0.25, -0.2) is 8.42 Å². The van der Waals surface area contributed by atoms with E-state index in [-0.39, 0.29) is 5.75 Å². The van der Waals surface area contributed by atoms with Crippen LogP contribution in [0.2, 0.25) is 0 Å². The fourth-order valence-electron chi connectivity index (χ4n) is 0.816. The molecule has 0 fully saturated rings. The van der Waals surface area contributed by atoms with Crippen molar-refractivity contribution < 1.29 is 13.2 Å². The van der Waals surface area contributed by atoms with Crippen molar-refractivity contribution >= 4 is 9.84 Å². The Morgan fingerprint density at radius 3 is 2.50 bits per heavy atom. The van der Waals surface area contributed by atoms with Gasteiger partial charge >= 0.3 is 0 Å². The average Bonchev–Trinajstić information content (AvgIpc) is 1.84. The van der Waals surface area contributed by atoms with Gasteiger partial charge in [0, 0.05) is 18.9 Å². The maximum absolute atomic E-state index is 10.7. The van der Waals surface area contributed by atoms with Gasteiger partial charge in [0.05, 0.1) is 12.4 Å². The minimum Gasteiger partial charge on any atom is -0.380 e. The van der Waals surface area contributed by atoms with E-state index >= 15 is 0 Å². The Hall–Kier alpha value is -0.130. The summed E-state index contributed by atoms with van der Waals surface area (Å²) in [5.41, 5.74) is 5.50. The largest absolute Gasteiger partial charge is 0.380 e. The van der Waals surface area contributed by atoms with Gasteiger partial charge in [-0.1, -0.05) is 6.92 Å². The summed E-state index contributed by atoms with van der Waals surface area (Å²) in [7, 11) is -2.97. The van der Waals surface area contributed by atoms with Crippen molar-refractivity contribution in [3.63, 3.8) is 0 Å². The predicted octanol–water partition coefficient (Wildman–Crippen LogP) is -0.215. The number of sulfone groups is 1. The first-order valence-corrected chi connectivity index (χ1v) is 6.03. The fourth-order valence-corrected chi connectivity index (χ4v) is 1.69. The number of rotatable bonds is 6. The standard InChI is InChI=1S/C7H17NO3S/c1-3-4-11-5-7(8)6-12(2,9)10/h7H,3-6,8H2,1-2H3. The summed E-state index contributed by atoms with van der Waals surface area (Å²) in [6.45, 7) is 2.94.